The van der Waals surface area contributed by atoms with Gasteiger partial charge in [-0.2, -0.15) is 0 Å². The van der Waals surface area contributed by atoms with E-state index in [4.69, 9.17) is 4.99 Å². The molecule has 0 aromatic carbocycles. The Morgan fingerprint density at radius 3 is 2.73 bits per heavy atom. The second kappa shape index (κ2) is 12.9. The van der Waals surface area contributed by atoms with Crippen LogP contribution in [0.25, 0.3) is 5.82 Å². The summed E-state index contributed by atoms with van der Waals surface area (Å²) in [6, 6.07) is 4.84. The van der Waals surface area contributed by atoms with Crippen LogP contribution in [0, 0.1) is 6.92 Å². The van der Waals surface area contributed by atoms with Crippen LogP contribution in [0.1, 0.15) is 50.9 Å². The van der Waals surface area contributed by atoms with Gasteiger partial charge in [-0.05, 0) is 51.3 Å². The molecule has 2 aromatic rings. The molecule has 0 amide bonds. The lowest BCUT2D eigenvalue weighted by molar-refractivity contribution is 0.147. The molecule has 0 spiro atoms. The molecule has 0 bridgehead atoms. The van der Waals surface area contributed by atoms with Crippen LogP contribution in [0.4, 0.5) is 0 Å². The second-order valence-corrected chi connectivity index (χ2v) is 7.58. The van der Waals surface area contributed by atoms with Gasteiger partial charge >= 0.3 is 0 Å². The number of pyridine rings is 1. The van der Waals surface area contributed by atoms with Gasteiger partial charge in [0, 0.05) is 44.3 Å². The van der Waals surface area contributed by atoms with Gasteiger partial charge in [0.15, 0.2) is 5.96 Å². The summed E-state index contributed by atoms with van der Waals surface area (Å²) in [6.07, 6.45) is 10.9. The Labute approximate surface area is 197 Å². The lowest BCUT2D eigenvalue weighted by atomic mass is 10.0. The molecular weight excluding hydrogens is 489 g/mol. The molecule has 0 saturated carbocycles. The van der Waals surface area contributed by atoms with Gasteiger partial charge < -0.3 is 10.6 Å². The molecule has 1 aliphatic rings. The summed E-state index contributed by atoms with van der Waals surface area (Å²) in [7, 11) is 0. The van der Waals surface area contributed by atoms with Gasteiger partial charge in [-0.25, -0.2) is 15.0 Å². The number of rotatable bonds is 8. The van der Waals surface area contributed by atoms with Crippen molar-refractivity contribution < 1.29 is 0 Å². The summed E-state index contributed by atoms with van der Waals surface area (Å²) in [5.74, 6) is 2.68. The first-order valence-electron chi connectivity index (χ1n) is 10.9. The topological polar surface area (TPSA) is 70.4 Å². The Morgan fingerprint density at radius 1 is 1.20 bits per heavy atom. The van der Waals surface area contributed by atoms with Gasteiger partial charge in [0.1, 0.15) is 11.6 Å². The number of nitrogens with zero attached hydrogens (tertiary/aromatic N) is 5. The summed E-state index contributed by atoms with van der Waals surface area (Å²) in [6.45, 7) is 11.0. The predicted octanol–water partition coefficient (Wildman–Crippen LogP) is 3.51. The lowest BCUT2D eigenvalue weighted by Gasteiger charge is -2.35. The number of halogens is 1. The predicted molar refractivity (Wildman–Crippen MR) is 134 cm³/mol. The Kier molecular flexibility index (Phi) is 10.6. The largest absolute Gasteiger partial charge is 0.357 e. The Bertz CT molecular complexity index is 772. The molecule has 1 unspecified atom stereocenters. The summed E-state index contributed by atoms with van der Waals surface area (Å²) >= 11 is 0. The Balaban J connectivity index is 0.00000320. The van der Waals surface area contributed by atoms with E-state index in [1.165, 1.54) is 32.2 Å². The highest BCUT2D eigenvalue weighted by Gasteiger charge is 2.19. The quantitative estimate of drug-likeness (QED) is 0.314. The average molecular weight is 525 g/mol. The van der Waals surface area contributed by atoms with Crippen LogP contribution < -0.4 is 10.6 Å². The van der Waals surface area contributed by atoms with Crippen LogP contribution >= 0.6 is 24.0 Å². The number of hydrogen-bond acceptors (Lipinski definition) is 4. The first-order chi connectivity index (χ1) is 14.2. The van der Waals surface area contributed by atoms with E-state index in [1.807, 2.05) is 30.0 Å². The van der Waals surface area contributed by atoms with Gasteiger partial charge in [-0.1, -0.05) is 19.4 Å². The molecule has 30 heavy (non-hydrogen) atoms. The third-order valence-corrected chi connectivity index (χ3v) is 5.56. The highest BCUT2D eigenvalue weighted by Crippen LogP contribution is 2.18. The zero-order valence-electron chi connectivity index (χ0n) is 18.5. The monoisotopic (exact) mass is 525 g/mol. The summed E-state index contributed by atoms with van der Waals surface area (Å²) < 4.78 is 1.98. The molecule has 0 radical (unpaired) electrons. The number of likely N-dealkylation sites (tertiary alicyclic amines) is 1. The normalized spacial score (nSPS) is 17.4. The Hall–Kier alpha value is -1.68. The fourth-order valence-electron chi connectivity index (χ4n) is 3.92. The molecule has 1 atom stereocenters. The van der Waals surface area contributed by atoms with Crippen LogP contribution in [-0.2, 0) is 6.54 Å². The molecule has 7 nitrogen and oxygen atoms in total. The summed E-state index contributed by atoms with van der Waals surface area (Å²) in [5, 5.41) is 6.83. The molecule has 8 heteroatoms. The molecule has 1 fully saturated rings. The van der Waals surface area contributed by atoms with E-state index in [9.17, 15) is 0 Å². The minimum atomic E-state index is 0. The number of aliphatic imine (C=N–C) groups is 1. The number of aryl methyl sites for hydroxylation is 1. The first kappa shape index (κ1) is 24.6. The highest BCUT2D eigenvalue weighted by atomic mass is 127. The van der Waals surface area contributed by atoms with E-state index >= 15 is 0 Å². The fraction of sp³-hybridized carbons (Fsp3) is 0.591. The maximum Gasteiger partial charge on any atom is 0.191 e. The summed E-state index contributed by atoms with van der Waals surface area (Å²) in [4.78, 5) is 16.2. The molecular formula is C22H36IN7. The van der Waals surface area contributed by atoms with Crippen molar-refractivity contribution in [2.75, 3.05) is 26.2 Å². The minimum Gasteiger partial charge on any atom is -0.357 e. The van der Waals surface area contributed by atoms with Gasteiger partial charge in [0.2, 0.25) is 0 Å². The number of piperidine rings is 1. The number of imidazole rings is 1. The maximum atomic E-state index is 4.73. The minimum absolute atomic E-state index is 0. The zero-order chi connectivity index (χ0) is 20.5. The molecule has 2 N–H and O–H groups in total. The first-order valence-corrected chi connectivity index (χ1v) is 10.9. The van der Waals surface area contributed by atoms with Crippen molar-refractivity contribution in [3.63, 3.8) is 0 Å². The fourth-order valence-corrected chi connectivity index (χ4v) is 3.92. The summed E-state index contributed by atoms with van der Waals surface area (Å²) in [5.41, 5.74) is 1.09. The van der Waals surface area contributed by atoms with Gasteiger partial charge in [-0.15, -0.1) is 24.0 Å². The number of aromatic nitrogens is 3. The van der Waals surface area contributed by atoms with E-state index in [1.54, 1.807) is 6.20 Å². The van der Waals surface area contributed by atoms with E-state index in [0.717, 1.165) is 48.8 Å². The maximum absolute atomic E-state index is 4.73. The molecule has 3 rings (SSSR count). The van der Waals surface area contributed by atoms with E-state index in [2.05, 4.69) is 45.4 Å². The molecule has 3 heterocycles. The van der Waals surface area contributed by atoms with Crippen molar-refractivity contribution >= 4 is 29.9 Å². The SMILES string of the molecule is CCNC(=NCc1ccc(-n2ccnc2C)nc1)NCCN1CCCCC1CC.I. The standard InChI is InChI=1S/C22H35N7.HI/c1-4-20-8-6-7-13-28(20)14-11-25-22(23-5-2)27-17-19-9-10-21(26-16-19)29-15-12-24-18(29)3;/h9-10,12,15-16,20H,4-8,11,13-14,17H2,1-3H3,(H2,23,25,27);1H. The smallest absolute Gasteiger partial charge is 0.191 e. The van der Waals surface area contributed by atoms with Crippen molar-refractivity contribution in [2.45, 2.75) is 59.0 Å². The van der Waals surface area contributed by atoms with E-state index < -0.39 is 0 Å². The molecule has 0 aliphatic carbocycles. The number of nitrogens with one attached hydrogen (secondary N) is 2. The lowest BCUT2D eigenvalue weighted by Crippen LogP contribution is -2.45. The third kappa shape index (κ3) is 6.94. The highest BCUT2D eigenvalue weighted by molar-refractivity contribution is 14.0. The van der Waals surface area contributed by atoms with E-state index in [0.29, 0.717) is 6.54 Å². The van der Waals surface area contributed by atoms with Crippen molar-refractivity contribution in [1.29, 1.82) is 0 Å². The van der Waals surface area contributed by atoms with Gasteiger partial charge in [0.25, 0.3) is 0 Å². The van der Waals surface area contributed by atoms with Crippen molar-refractivity contribution in [1.82, 2.24) is 30.1 Å². The molecule has 2 aromatic heterocycles. The van der Waals surface area contributed by atoms with Crippen molar-refractivity contribution in [3.05, 3.63) is 42.1 Å². The van der Waals surface area contributed by atoms with Gasteiger partial charge in [-0.3, -0.25) is 9.47 Å². The second-order valence-electron chi connectivity index (χ2n) is 7.58. The zero-order valence-corrected chi connectivity index (χ0v) is 20.8. The average Bonchev–Trinajstić information content (AvgIpc) is 3.18. The number of guanidine groups is 1. The molecule has 1 saturated heterocycles. The number of hydrogen-bond donors (Lipinski definition) is 2. The van der Waals surface area contributed by atoms with Crippen LogP contribution in [-0.4, -0.2) is 57.6 Å². The van der Waals surface area contributed by atoms with Gasteiger partial charge in [0.05, 0.1) is 6.54 Å². The molecule has 166 valence electrons. The van der Waals surface area contributed by atoms with Crippen molar-refractivity contribution in [3.8, 4) is 5.82 Å². The van der Waals surface area contributed by atoms with Crippen LogP contribution in [0.15, 0.2) is 35.7 Å². The third-order valence-electron chi connectivity index (χ3n) is 5.56. The molecule has 1 aliphatic heterocycles. The van der Waals surface area contributed by atoms with Crippen LogP contribution in [0.3, 0.4) is 0 Å². The van der Waals surface area contributed by atoms with Crippen LogP contribution in [0.2, 0.25) is 0 Å². The van der Waals surface area contributed by atoms with Crippen molar-refractivity contribution in [2.24, 2.45) is 4.99 Å². The van der Waals surface area contributed by atoms with Crippen LogP contribution in [0.5, 0.6) is 0 Å². The van der Waals surface area contributed by atoms with E-state index in [-0.39, 0.29) is 24.0 Å². The Morgan fingerprint density at radius 2 is 2.07 bits per heavy atom.